The molecule has 5 aromatic rings. The van der Waals surface area contributed by atoms with Gasteiger partial charge in [-0.2, -0.15) is 0 Å². The summed E-state index contributed by atoms with van der Waals surface area (Å²) in [6, 6.07) is 24.4. The maximum absolute atomic E-state index is 13.6. The lowest BCUT2D eigenvalue weighted by molar-refractivity contribution is 0.0730. The predicted octanol–water partition coefficient (Wildman–Crippen LogP) is 5.80. The van der Waals surface area contributed by atoms with E-state index in [-0.39, 0.29) is 5.91 Å². The standard InChI is InChI=1S/C26H23N3O/c1-18-6-2-3-9-21(18)26(30)29(16-19-7-4-10-24-22(19)12-14-27-24)17-20-8-5-11-25-23(20)13-15-28-25/h2-15,27-28H,16-17H2,1H3. The van der Waals surface area contributed by atoms with Gasteiger partial charge in [-0.05, 0) is 53.9 Å². The lowest BCUT2D eigenvalue weighted by atomic mass is 10.0. The zero-order chi connectivity index (χ0) is 20.5. The van der Waals surface area contributed by atoms with Crippen LogP contribution >= 0.6 is 0 Å². The summed E-state index contributed by atoms with van der Waals surface area (Å²) >= 11 is 0. The molecule has 0 spiro atoms. The average molecular weight is 393 g/mol. The molecule has 5 rings (SSSR count). The molecule has 0 fully saturated rings. The van der Waals surface area contributed by atoms with E-state index in [9.17, 15) is 4.79 Å². The van der Waals surface area contributed by atoms with Gasteiger partial charge in [0, 0.05) is 52.9 Å². The molecule has 148 valence electrons. The molecule has 0 aliphatic rings. The van der Waals surface area contributed by atoms with Crippen LogP contribution in [-0.2, 0) is 13.1 Å². The highest BCUT2D eigenvalue weighted by atomic mass is 16.2. The van der Waals surface area contributed by atoms with Crippen LogP contribution in [0.4, 0.5) is 0 Å². The number of hydrogen-bond donors (Lipinski definition) is 2. The third-order valence-electron chi connectivity index (χ3n) is 5.76. The Bertz CT molecular complexity index is 1270. The van der Waals surface area contributed by atoms with E-state index in [4.69, 9.17) is 0 Å². The number of fused-ring (bicyclic) bond motifs is 2. The van der Waals surface area contributed by atoms with Crippen LogP contribution in [0.3, 0.4) is 0 Å². The van der Waals surface area contributed by atoms with E-state index < -0.39 is 0 Å². The molecule has 2 aromatic heterocycles. The summed E-state index contributed by atoms with van der Waals surface area (Å²) < 4.78 is 0. The molecule has 0 atom stereocenters. The SMILES string of the molecule is Cc1ccccc1C(=O)N(Cc1cccc2[nH]ccc12)Cc1cccc2[nH]ccc12. The van der Waals surface area contributed by atoms with Crippen molar-refractivity contribution in [2.75, 3.05) is 0 Å². The molecule has 0 bridgehead atoms. The van der Waals surface area contributed by atoms with Crippen LogP contribution in [-0.4, -0.2) is 20.8 Å². The number of carbonyl (C=O) groups is 1. The third-order valence-corrected chi connectivity index (χ3v) is 5.76. The number of nitrogens with one attached hydrogen (secondary N) is 2. The van der Waals surface area contributed by atoms with Gasteiger partial charge in [-0.1, -0.05) is 42.5 Å². The summed E-state index contributed by atoms with van der Waals surface area (Å²) in [6.45, 7) is 3.08. The third kappa shape index (κ3) is 3.26. The van der Waals surface area contributed by atoms with Gasteiger partial charge < -0.3 is 14.9 Å². The Morgan fingerprint density at radius 2 is 1.30 bits per heavy atom. The van der Waals surface area contributed by atoms with Crippen LogP contribution < -0.4 is 0 Å². The highest BCUT2D eigenvalue weighted by molar-refractivity contribution is 5.96. The molecule has 0 unspecified atom stereocenters. The van der Waals surface area contributed by atoms with E-state index in [1.165, 1.54) is 0 Å². The zero-order valence-corrected chi connectivity index (χ0v) is 16.9. The highest BCUT2D eigenvalue weighted by Crippen LogP contribution is 2.24. The topological polar surface area (TPSA) is 51.9 Å². The van der Waals surface area contributed by atoms with Gasteiger partial charge in [-0.3, -0.25) is 4.79 Å². The minimum absolute atomic E-state index is 0.0492. The smallest absolute Gasteiger partial charge is 0.254 e. The monoisotopic (exact) mass is 393 g/mol. The maximum Gasteiger partial charge on any atom is 0.254 e. The number of hydrogen-bond acceptors (Lipinski definition) is 1. The first-order chi connectivity index (χ1) is 14.7. The van der Waals surface area contributed by atoms with Gasteiger partial charge in [-0.15, -0.1) is 0 Å². The molecule has 4 nitrogen and oxygen atoms in total. The number of aryl methyl sites for hydroxylation is 1. The number of rotatable bonds is 5. The molecule has 0 saturated carbocycles. The van der Waals surface area contributed by atoms with Gasteiger partial charge in [0.15, 0.2) is 0 Å². The fraction of sp³-hybridized carbons (Fsp3) is 0.115. The summed E-state index contributed by atoms with van der Waals surface area (Å²) in [7, 11) is 0. The molecule has 0 aliphatic carbocycles. The Balaban J connectivity index is 1.56. The van der Waals surface area contributed by atoms with Gasteiger partial charge in [0.1, 0.15) is 0 Å². The molecule has 3 aromatic carbocycles. The van der Waals surface area contributed by atoms with Crippen molar-refractivity contribution in [2.45, 2.75) is 20.0 Å². The number of carbonyl (C=O) groups excluding carboxylic acids is 1. The number of benzene rings is 3. The highest BCUT2D eigenvalue weighted by Gasteiger charge is 2.20. The van der Waals surface area contributed by atoms with Crippen LogP contribution in [0.2, 0.25) is 0 Å². The Morgan fingerprint density at radius 1 is 0.733 bits per heavy atom. The van der Waals surface area contributed by atoms with Crippen molar-refractivity contribution in [3.05, 3.63) is 107 Å². The number of H-pyrrole nitrogens is 2. The normalized spacial score (nSPS) is 11.2. The van der Waals surface area contributed by atoms with Crippen LogP contribution in [0.25, 0.3) is 21.8 Å². The van der Waals surface area contributed by atoms with E-state index in [1.807, 2.05) is 60.6 Å². The van der Waals surface area contributed by atoms with Gasteiger partial charge in [-0.25, -0.2) is 0 Å². The van der Waals surface area contributed by atoms with E-state index in [0.717, 1.165) is 44.1 Å². The predicted molar refractivity (Wildman–Crippen MR) is 121 cm³/mol. The largest absolute Gasteiger partial charge is 0.361 e. The van der Waals surface area contributed by atoms with Gasteiger partial charge in [0.05, 0.1) is 0 Å². The molecule has 0 saturated heterocycles. The van der Waals surface area contributed by atoms with Crippen LogP contribution in [0.1, 0.15) is 27.0 Å². The zero-order valence-electron chi connectivity index (χ0n) is 16.9. The second-order valence-corrected chi connectivity index (χ2v) is 7.69. The van der Waals surface area contributed by atoms with Crippen LogP contribution in [0.15, 0.2) is 85.2 Å². The van der Waals surface area contributed by atoms with Crippen molar-refractivity contribution in [2.24, 2.45) is 0 Å². The van der Waals surface area contributed by atoms with Gasteiger partial charge >= 0.3 is 0 Å². The number of aromatic amines is 2. The molecule has 2 heterocycles. The van der Waals surface area contributed by atoms with Crippen molar-refractivity contribution in [1.82, 2.24) is 14.9 Å². The lowest BCUT2D eigenvalue weighted by Crippen LogP contribution is -2.30. The molecule has 0 radical (unpaired) electrons. The Hall–Kier alpha value is -3.79. The Labute approximate surface area is 175 Å². The van der Waals surface area contributed by atoms with E-state index in [1.54, 1.807) is 0 Å². The Morgan fingerprint density at radius 3 is 1.87 bits per heavy atom. The van der Waals surface area contributed by atoms with Gasteiger partial charge in [0.25, 0.3) is 5.91 Å². The average Bonchev–Trinajstić information content (AvgIpc) is 3.43. The van der Waals surface area contributed by atoms with Crippen molar-refractivity contribution in [1.29, 1.82) is 0 Å². The van der Waals surface area contributed by atoms with E-state index in [0.29, 0.717) is 13.1 Å². The van der Waals surface area contributed by atoms with Crippen molar-refractivity contribution >= 4 is 27.7 Å². The fourth-order valence-electron chi connectivity index (χ4n) is 4.17. The summed E-state index contributed by atoms with van der Waals surface area (Å²) in [4.78, 5) is 22.1. The first kappa shape index (κ1) is 18.3. The Kier molecular flexibility index (Phi) is 4.60. The minimum atomic E-state index is 0.0492. The van der Waals surface area contributed by atoms with E-state index >= 15 is 0 Å². The fourth-order valence-corrected chi connectivity index (χ4v) is 4.17. The van der Waals surface area contributed by atoms with Crippen molar-refractivity contribution in [3.8, 4) is 0 Å². The number of aromatic nitrogens is 2. The number of nitrogens with zero attached hydrogens (tertiary/aromatic N) is 1. The molecule has 4 heteroatoms. The lowest BCUT2D eigenvalue weighted by Gasteiger charge is -2.25. The molecule has 0 aliphatic heterocycles. The van der Waals surface area contributed by atoms with Gasteiger partial charge in [0.2, 0.25) is 0 Å². The maximum atomic E-state index is 13.6. The first-order valence-corrected chi connectivity index (χ1v) is 10.2. The quantitative estimate of drug-likeness (QED) is 0.389. The van der Waals surface area contributed by atoms with E-state index in [2.05, 4.69) is 46.4 Å². The summed E-state index contributed by atoms with van der Waals surface area (Å²) in [5.41, 5.74) is 6.19. The summed E-state index contributed by atoms with van der Waals surface area (Å²) in [5, 5.41) is 2.31. The second kappa shape index (κ2) is 7.56. The molecular formula is C26H23N3O. The van der Waals surface area contributed by atoms with Crippen LogP contribution in [0.5, 0.6) is 0 Å². The molecular weight excluding hydrogens is 370 g/mol. The number of amides is 1. The van der Waals surface area contributed by atoms with Crippen LogP contribution in [0, 0.1) is 6.92 Å². The minimum Gasteiger partial charge on any atom is -0.361 e. The van der Waals surface area contributed by atoms with Crippen molar-refractivity contribution < 1.29 is 4.79 Å². The van der Waals surface area contributed by atoms with Crippen molar-refractivity contribution in [3.63, 3.8) is 0 Å². The molecule has 30 heavy (non-hydrogen) atoms. The first-order valence-electron chi connectivity index (χ1n) is 10.2. The molecule has 2 N–H and O–H groups in total. The second-order valence-electron chi connectivity index (χ2n) is 7.69. The molecule has 1 amide bonds. The summed E-state index contributed by atoms with van der Waals surface area (Å²) in [6.07, 6.45) is 3.89. The summed E-state index contributed by atoms with van der Waals surface area (Å²) in [5.74, 6) is 0.0492.